The number of nitrogens with zero attached hydrogens (tertiary/aromatic N) is 1. The second-order valence-corrected chi connectivity index (χ2v) is 5.07. The maximum Gasteiger partial charge on any atom is 0.0127 e. The van der Waals surface area contributed by atoms with Gasteiger partial charge in [0.2, 0.25) is 0 Å². The van der Waals surface area contributed by atoms with Crippen LogP contribution in [-0.2, 0) is 0 Å². The highest BCUT2D eigenvalue weighted by molar-refractivity contribution is 4.90. The van der Waals surface area contributed by atoms with Crippen molar-refractivity contribution in [2.24, 2.45) is 5.92 Å². The van der Waals surface area contributed by atoms with Gasteiger partial charge in [-0.25, -0.2) is 0 Å². The van der Waals surface area contributed by atoms with E-state index in [9.17, 15) is 0 Å². The first kappa shape index (κ1) is 12.8. The highest BCUT2D eigenvalue weighted by Gasteiger charge is 2.14. The predicted molar refractivity (Wildman–Crippen MR) is 68.1 cm³/mol. The van der Waals surface area contributed by atoms with Gasteiger partial charge in [0, 0.05) is 6.04 Å². The standard InChI is InChI=1S/C14H27N/c1-4-13(2)11-12-15(3)14-9-7-5-6-8-10-14/h5,7,13-14H,4,6,8-12H2,1-3H3. The molecule has 0 aromatic rings. The van der Waals surface area contributed by atoms with Gasteiger partial charge in [0.1, 0.15) is 0 Å². The Labute approximate surface area is 95.5 Å². The summed E-state index contributed by atoms with van der Waals surface area (Å²) in [7, 11) is 2.30. The van der Waals surface area contributed by atoms with Crippen LogP contribution in [-0.4, -0.2) is 24.5 Å². The van der Waals surface area contributed by atoms with Gasteiger partial charge in [0.15, 0.2) is 0 Å². The quantitative estimate of drug-likeness (QED) is 0.622. The Morgan fingerprint density at radius 2 is 2.20 bits per heavy atom. The van der Waals surface area contributed by atoms with Crippen LogP contribution in [0.25, 0.3) is 0 Å². The van der Waals surface area contributed by atoms with E-state index >= 15 is 0 Å². The van der Waals surface area contributed by atoms with Gasteiger partial charge in [0.25, 0.3) is 0 Å². The Balaban J connectivity index is 2.25. The molecule has 2 atom stereocenters. The van der Waals surface area contributed by atoms with Crippen molar-refractivity contribution in [2.75, 3.05) is 13.6 Å². The van der Waals surface area contributed by atoms with E-state index in [0.717, 1.165) is 12.0 Å². The van der Waals surface area contributed by atoms with Crippen LogP contribution >= 0.6 is 0 Å². The zero-order chi connectivity index (χ0) is 11.1. The van der Waals surface area contributed by atoms with Crippen LogP contribution in [0, 0.1) is 5.92 Å². The molecule has 0 N–H and O–H groups in total. The topological polar surface area (TPSA) is 3.24 Å². The zero-order valence-electron chi connectivity index (χ0n) is 10.7. The summed E-state index contributed by atoms with van der Waals surface area (Å²) in [6.45, 7) is 5.92. The van der Waals surface area contributed by atoms with Crippen molar-refractivity contribution >= 4 is 0 Å². The van der Waals surface area contributed by atoms with Crippen LogP contribution in [0.3, 0.4) is 0 Å². The molecule has 0 aliphatic heterocycles. The van der Waals surface area contributed by atoms with Crippen molar-refractivity contribution < 1.29 is 0 Å². The van der Waals surface area contributed by atoms with Gasteiger partial charge < -0.3 is 4.90 Å². The van der Waals surface area contributed by atoms with Crippen molar-refractivity contribution in [2.45, 2.75) is 58.4 Å². The molecule has 2 unspecified atom stereocenters. The molecule has 0 amide bonds. The van der Waals surface area contributed by atoms with Crippen molar-refractivity contribution in [1.82, 2.24) is 4.90 Å². The first-order valence-electron chi connectivity index (χ1n) is 6.59. The Hall–Kier alpha value is -0.300. The van der Waals surface area contributed by atoms with Gasteiger partial charge in [-0.1, -0.05) is 32.4 Å². The van der Waals surface area contributed by atoms with Crippen molar-refractivity contribution in [3.05, 3.63) is 12.2 Å². The summed E-state index contributed by atoms with van der Waals surface area (Å²) in [5.41, 5.74) is 0. The van der Waals surface area contributed by atoms with Gasteiger partial charge in [-0.15, -0.1) is 0 Å². The normalized spacial score (nSPS) is 24.1. The van der Waals surface area contributed by atoms with Gasteiger partial charge >= 0.3 is 0 Å². The van der Waals surface area contributed by atoms with Crippen LogP contribution in [0.1, 0.15) is 52.4 Å². The second kappa shape index (κ2) is 7.05. The van der Waals surface area contributed by atoms with Gasteiger partial charge in [0.05, 0.1) is 0 Å². The van der Waals surface area contributed by atoms with E-state index in [2.05, 4.69) is 37.9 Å². The first-order valence-corrected chi connectivity index (χ1v) is 6.59. The summed E-state index contributed by atoms with van der Waals surface area (Å²) in [5, 5.41) is 0. The van der Waals surface area contributed by atoms with Crippen molar-refractivity contribution in [1.29, 1.82) is 0 Å². The smallest absolute Gasteiger partial charge is 0.0127 e. The Morgan fingerprint density at radius 1 is 1.40 bits per heavy atom. The summed E-state index contributed by atoms with van der Waals surface area (Å²) >= 11 is 0. The molecule has 0 radical (unpaired) electrons. The molecule has 1 heteroatoms. The highest BCUT2D eigenvalue weighted by Crippen LogP contribution is 2.17. The van der Waals surface area contributed by atoms with E-state index in [-0.39, 0.29) is 0 Å². The fourth-order valence-electron chi connectivity index (χ4n) is 2.17. The zero-order valence-corrected chi connectivity index (χ0v) is 10.7. The second-order valence-electron chi connectivity index (χ2n) is 5.07. The minimum Gasteiger partial charge on any atom is -0.303 e. The van der Waals surface area contributed by atoms with E-state index in [0.29, 0.717) is 0 Å². The number of allylic oxidation sites excluding steroid dienone is 1. The van der Waals surface area contributed by atoms with E-state index < -0.39 is 0 Å². The molecule has 0 saturated heterocycles. The SMILES string of the molecule is CCC(C)CCN(C)C1CC=CCCC1. The van der Waals surface area contributed by atoms with Crippen LogP contribution in [0.15, 0.2) is 12.2 Å². The third-order valence-corrected chi connectivity index (χ3v) is 3.78. The third-order valence-electron chi connectivity index (χ3n) is 3.78. The Morgan fingerprint density at radius 3 is 2.93 bits per heavy atom. The summed E-state index contributed by atoms with van der Waals surface area (Å²) in [4.78, 5) is 2.57. The first-order chi connectivity index (χ1) is 7.24. The molecule has 1 aliphatic rings. The summed E-state index contributed by atoms with van der Waals surface area (Å²) in [6, 6.07) is 0.799. The molecule has 0 aromatic carbocycles. The lowest BCUT2D eigenvalue weighted by atomic mass is 10.0. The fourth-order valence-corrected chi connectivity index (χ4v) is 2.17. The molecule has 0 fully saturated rings. The third kappa shape index (κ3) is 4.83. The monoisotopic (exact) mass is 209 g/mol. The van der Waals surface area contributed by atoms with E-state index in [1.54, 1.807) is 0 Å². The fraction of sp³-hybridized carbons (Fsp3) is 0.857. The minimum absolute atomic E-state index is 0.799. The average molecular weight is 209 g/mol. The predicted octanol–water partition coefficient (Wildman–Crippen LogP) is 3.85. The van der Waals surface area contributed by atoms with E-state index in [4.69, 9.17) is 0 Å². The van der Waals surface area contributed by atoms with Crippen LogP contribution in [0.4, 0.5) is 0 Å². The molecule has 15 heavy (non-hydrogen) atoms. The molecule has 1 aliphatic carbocycles. The lowest BCUT2D eigenvalue weighted by molar-refractivity contribution is 0.216. The van der Waals surface area contributed by atoms with Gasteiger partial charge in [-0.05, 0) is 51.6 Å². The molecule has 1 rings (SSSR count). The number of rotatable bonds is 5. The van der Waals surface area contributed by atoms with Gasteiger partial charge in [-0.3, -0.25) is 0 Å². The van der Waals surface area contributed by atoms with E-state index in [1.165, 1.54) is 45.1 Å². The molecule has 0 heterocycles. The number of hydrogen-bond acceptors (Lipinski definition) is 1. The molecule has 88 valence electrons. The Bertz CT molecular complexity index is 186. The molecule has 1 nitrogen and oxygen atoms in total. The lowest BCUT2D eigenvalue weighted by Gasteiger charge is -2.27. The van der Waals surface area contributed by atoms with E-state index in [1.807, 2.05) is 0 Å². The van der Waals surface area contributed by atoms with Crippen LogP contribution in [0.2, 0.25) is 0 Å². The van der Waals surface area contributed by atoms with Crippen LogP contribution < -0.4 is 0 Å². The lowest BCUT2D eigenvalue weighted by Crippen LogP contribution is -2.32. The maximum absolute atomic E-state index is 2.57. The molecule has 0 aromatic heterocycles. The number of hydrogen-bond donors (Lipinski definition) is 0. The van der Waals surface area contributed by atoms with Crippen molar-refractivity contribution in [3.63, 3.8) is 0 Å². The molecule has 0 bridgehead atoms. The molecule has 0 spiro atoms. The summed E-state index contributed by atoms with van der Waals surface area (Å²) < 4.78 is 0. The Kier molecular flexibility index (Phi) is 6.00. The molecular weight excluding hydrogens is 182 g/mol. The van der Waals surface area contributed by atoms with Gasteiger partial charge in [-0.2, -0.15) is 0 Å². The highest BCUT2D eigenvalue weighted by atomic mass is 15.1. The molecular formula is C14H27N. The summed E-state index contributed by atoms with van der Waals surface area (Å²) in [5.74, 6) is 0.883. The molecule has 0 saturated carbocycles. The summed E-state index contributed by atoms with van der Waals surface area (Å²) in [6.07, 6.45) is 12.7. The van der Waals surface area contributed by atoms with Crippen LogP contribution in [0.5, 0.6) is 0 Å². The average Bonchev–Trinajstić information content (AvgIpc) is 2.53. The maximum atomic E-state index is 2.57. The largest absolute Gasteiger partial charge is 0.303 e. The minimum atomic E-state index is 0.799. The van der Waals surface area contributed by atoms with Crippen molar-refractivity contribution in [3.8, 4) is 0 Å².